The molecule has 0 radical (unpaired) electrons. The van der Waals surface area contributed by atoms with E-state index in [2.05, 4.69) is 0 Å². The zero-order chi connectivity index (χ0) is 9.35. The Labute approximate surface area is 71.7 Å². The average Bonchev–Trinajstić information content (AvgIpc) is 1.82. The molecule has 1 rings (SSSR count). The minimum atomic E-state index is -0.918. The first kappa shape index (κ1) is 9.48. The normalized spacial score (nSPS) is 34.6. The summed E-state index contributed by atoms with van der Waals surface area (Å²) in [6.07, 6.45) is 0.402. The molecule has 2 atom stereocenters. The maximum Gasteiger partial charge on any atom is 0.332 e. The first-order valence-corrected chi connectivity index (χ1v) is 4.07. The van der Waals surface area contributed by atoms with Crippen molar-refractivity contribution in [1.82, 2.24) is 0 Å². The second-order valence-electron chi connectivity index (χ2n) is 3.90. The van der Waals surface area contributed by atoms with Gasteiger partial charge in [0, 0.05) is 6.04 Å². The fraction of sp³-hybridized carbons (Fsp3) is 0.875. The Kier molecular flexibility index (Phi) is 2.39. The van der Waals surface area contributed by atoms with Gasteiger partial charge in [0.25, 0.3) is 0 Å². The van der Waals surface area contributed by atoms with E-state index in [4.69, 9.17) is 15.6 Å². The third-order valence-electron chi connectivity index (χ3n) is 2.01. The van der Waals surface area contributed by atoms with E-state index in [0.717, 1.165) is 6.42 Å². The molecular formula is C8H15NO3. The van der Waals surface area contributed by atoms with Crippen molar-refractivity contribution in [2.45, 2.75) is 44.4 Å². The molecule has 0 aliphatic carbocycles. The lowest BCUT2D eigenvalue weighted by Crippen LogP contribution is -2.48. The van der Waals surface area contributed by atoms with E-state index in [9.17, 15) is 4.79 Å². The number of ether oxygens (including phenoxy) is 1. The lowest BCUT2D eigenvalue weighted by molar-refractivity contribution is -0.171. The molecule has 0 amide bonds. The summed E-state index contributed by atoms with van der Waals surface area (Å²) in [6, 6.07) is -0.0603. The summed E-state index contributed by atoms with van der Waals surface area (Å²) in [5.74, 6) is -0.918. The van der Waals surface area contributed by atoms with Crippen molar-refractivity contribution in [2.24, 2.45) is 5.73 Å². The second-order valence-corrected chi connectivity index (χ2v) is 3.90. The predicted molar refractivity (Wildman–Crippen MR) is 43.8 cm³/mol. The number of carboxylic acids is 1. The van der Waals surface area contributed by atoms with Crippen LogP contribution in [0.25, 0.3) is 0 Å². The highest BCUT2D eigenvalue weighted by Crippen LogP contribution is 2.27. The predicted octanol–water partition coefficient (Wildman–Crippen LogP) is 0.356. The standard InChI is InChI=1S/C8H15NO3/c1-8(2)4-5(9)3-6(12-8)7(10)11/h5-6H,3-4,9H2,1-2H3,(H,10,11)/t5-,6+/m1/s1. The van der Waals surface area contributed by atoms with E-state index >= 15 is 0 Å². The van der Waals surface area contributed by atoms with Gasteiger partial charge in [0.15, 0.2) is 6.10 Å². The minimum Gasteiger partial charge on any atom is -0.479 e. The second kappa shape index (κ2) is 3.03. The van der Waals surface area contributed by atoms with Crippen LogP contribution in [0.3, 0.4) is 0 Å². The monoisotopic (exact) mass is 173 g/mol. The van der Waals surface area contributed by atoms with Gasteiger partial charge in [0.05, 0.1) is 5.60 Å². The molecule has 1 aliphatic heterocycles. The summed E-state index contributed by atoms with van der Waals surface area (Å²) in [6.45, 7) is 3.73. The highest BCUT2D eigenvalue weighted by Gasteiger charge is 2.36. The van der Waals surface area contributed by atoms with E-state index < -0.39 is 17.7 Å². The summed E-state index contributed by atoms with van der Waals surface area (Å²) in [4.78, 5) is 10.6. The molecular weight excluding hydrogens is 158 g/mol. The highest BCUT2D eigenvalue weighted by molar-refractivity contribution is 5.72. The molecule has 1 saturated heterocycles. The van der Waals surface area contributed by atoms with Crippen LogP contribution in [-0.2, 0) is 9.53 Å². The lowest BCUT2D eigenvalue weighted by Gasteiger charge is -2.37. The lowest BCUT2D eigenvalue weighted by atomic mass is 9.91. The van der Waals surface area contributed by atoms with Crippen LogP contribution in [0.1, 0.15) is 26.7 Å². The largest absolute Gasteiger partial charge is 0.479 e. The van der Waals surface area contributed by atoms with E-state index in [-0.39, 0.29) is 6.04 Å². The number of aliphatic carboxylic acids is 1. The molecule has 4 heteroatoms. The number of hydrogen-bond acceptors (Lipinski definition) is 3. The van der Waals surface area contributed by atoms with Gasteiger partial charge in [-0.3, -0.25) is 0 Å². The van der Waals surface area contributed by atoms with E-state index in [1.807, 2.05) is 13.8 Å². The van der Waals surface area contributed by atoms with E-state index in [0.29, 0.717) is 6.42 Å². The number of nitrogens with two attached hydrogens (primary N) is 1. The first-order chi connectivity index (χ1) is 5.41. The van der Waals surface area contributed by atoms with Gasteiger partial charge in [-0.05, 0) is 26.7 Å². The molecule has 12 heavy (non-hydrogen) atoms. The molecule has 1 heterocycles. The molecule has 1 fully saturated rings. The molecule has 0 spiro atoms. The van der Waals surface area contributed by atoms with Crippen LogP contribution < -0.4 is 5.73 Å². The summed E-state index contributed by atoms with van der Waals surface area (Å²) in [5, 5.41) is 8.71. The Morgan fingerprint density at radius 3 is 2.67 bits per heavy atom. The van der Waals surface area contributed by atoms with Crippen molar-refractivity contribution in [1.29, 1.82) is 0 Å². The summed E-state index contributed by atoms with van der Waals surface area (Å²) < 4.78 is 5.33. The zero-order valence-electron chi connectivity index (χ0n) is 7.41. The van der Waals surface area contributed by atoms with Crippen LogP contribution in [0.4, 0.5) is 0 Å². The van der Waals surface area contributed by atoms with Gasteiger partial charge in [0.1, 0.15) is 0 Å². The average molecular weight is 173 g/mol. The van der Waals surface area contributed by atoms with Crippen LogP contribution in [-0.4, -0.2) is 28.8 Å². The Bertz CT molecular complexity index is 191. The molecule has 0 bridgehead atoms. The molecule has 70 valence electrons. The first-order valence-electron chi connectivity index (χ1n) is 4.07. The van der Waals surface area contributed by atoms with Crippen LogP contribution in [0.15, 0.2) is 0 Å². The van der Waals surface area contributed by atoms with E-state index in [1.54, 1.807) is 0 Å². The van der Waals surface area contributed by atoms with Crippen LogP contribution in [0.5, 0.6) is 0 Å². The Hall–Kier alpha value is -0.610. The van der Waals surface area contributed by atoms with Crippen molar-refractivity contribution in [3.63, 3.8) is 0 Å². The van der Waals surface area contributed by atoms with E-state index in [1.165, 1.54) is 0 Å². The maximum absolute atomic E-state index is 10.6. The maximum atomic E-state index is 10.6. The number of hydrogen-bond donors (Lipinski definition) is 2. The third-order valence-corrected chi connectivity index (χ3v) is 2.01. The minimum absolute atomic E-state index is 0.0603. The van der Waals surface area contributed by atoms with Crippen molar-refractivity contribution in [3.05, 3.63) is 0 Å². The number of carbonyl (C=O) groups is 1. The third kappa shape index (κ3) is 2.19. The summed E-state index contributed by atoms with van der Waals surface area (Å²) in [7, 11) is 0. The molecule has 4 nitrogen and oxygen atoms in total. The Morgan fingerprint density at radius 2 is 2.25 bits per heavy atom. The van der Waals surface area contributed by atoms with Gasteiger partial charge in [-0.15, -0.1) is 0 Å². The topological polar surface area (TPSA) is 72.6 Å². The van der Waals surface area contributed by atoms with Gasteiger partial charge in [-0.25, -0.2) is 4.79 Å². The van der Waals surface area contributed by atoms with Gasteiger partial charge >= 0.3 is 5.97 Å². The number of rotatable bonds is 1. The van der Waals surface area contributed by atoms with Crippen molar-refractivity contribution in [3.8, 4) is 0 Å². The Morgan fingerprint density at radius 1 is 1.67 bits per heavy atom. The van der Waals surface area contributed by atoms with Gasteiger partial charge in [-0.1, -0.05) is 0 Å². The molecule has 1 aliphatic rings. The molecule has 0 aromatic heterocycles. The molecule has 0 unspecified atom stereocenters. The van der Waals surface area contributed by atoms with Gasteiger partial charge in [-0.2, -0.15) is 0 Å². The summed E-state index contributed by atoms with van der Waals surface area (Å²) >= 11 is 0. The summed E-state index contributed by atoms with van der Waals surface area (Å²) in [5.41, 5.74) is 5.29. The molecule has 0 saturated carbocycles. The van der Waals surface area contributed by atoms with Crippen molar-refractivity contribution in [2.75, 3.05) is 0 Å². The molecule has 3 N–H and O–H groups in total. The molecule has 0 aromatic carbocycles. The van der Waals surface area contributed by atoms with Crippen LogP contribution in [0, 0.1) is 0 Å². The van der Waals surface area contributed by atoms with Crippen molar-refractivity contribution >= 4 is 5.97 Å². The van der Waals surface area contributed by atoms with Gasteiger partial charge < -0.3 is 15.6 Å². The quantitative estimate of drug-likeness (QED) is 0.600. The van der Waals surface area contributed by atoms with Crippen molar-refractivity contribution < 1.29 is 14.6 Å². The smallest absolute Gasteiger partial charge is 0.332 e. The Balaban J connectivity index is 2.64. The van der Waals surface area contributed by atoms with Gasteiger partial charge in [0.2, 0.25) is 0 Å². The SMILES string of the molecule is CC1(C)C[C@H](N)C[C@@H](C(=O)O)O1. The fourth-order valence-electron chi connectivity index (χ4n) is 1.62. The fourth-order valence-corrected chi connectivity index (χ4v) is 1.62. The number of carboxylic acid groups (broad SMARTS) is 1. The zero-order valence-corrected chi connectivity index (χ0v) is 7.41. The molecule has 0 aromatic rings. The van der Waals surface area contributed by atoms with Crippen LogP contribution >= 0.6 is 0 Å². The van der Waals surface area contributed by atoms with Crippen LogP contribution in [0.2, 0.25) is 0 Å². The highest BCUT2D eigenvalue weighted by atomic mass is 16.5.